The smallest absolute Gasteiger partial charge is 0.137 e. The van der Waals surface area contributed by atoms with Gasteiger partial charge >= 0.3 is 0 Å². The average Bonchev–Trinajstić information content (AvgIpc) is 3.04. The van der Waals surface area contributed by atoms with Gasteiger partial charge in [0, 0.05) is 31.7 Å². The predicted octanol–water partition coefficient (Wildman–Crippen LogP) is 1.60. The molecule has 0 saturated carbocycles. The van der Waals surface area contributed by atoms with Crippen LogP contribution in [0.5, 0.6) is 0 Å². The van der Waals surface area contributed by atoms with Crippen molar-refractivity contribution in [1.82, 2.24) is 15.3 Å². The molecule has 0 unspecified atom stereocenters. The van der Waals surface area contributed by atoms with E-state index in [4.69, 9.17) is 0 Å². The molecule has 1 aromatic heterocycles. The summed E-state index contributed by atoms with van der Waals surface area (Å²) >= 11 is 0. The van der Waals surface area contributed by atoms with Gasteiger partial charge in [-0.1, -0.05) is 24.3 Å². The van der Waals surface area contributed by atoms with Gasteiger partial charge in [0.15, 0.2) is 0 Å². The van der Waals surface area contributed by atoms with Gasteiger partial charge in [0.1, 0.15) is 12.1 Å². The molecule has 1 N–H and O–H groups in total. The summed E-state index contributed by atoms with van der Waals surface area (Å²) in [7, 11) is 0. The third-order valence-electron chi connectivity index (χ3n) is 3.75. The highest BCUT2D eigenvalue weighted by molar-refractivity contribution is 5.54. The fourth-order valence-electron chi connectivity index (χ4n) is 2.83. The molecule has 4 rings (SSSR count). The number of nitrogens with zero attached hydrogens (tertiary/aromatic N) is 3. The number of hydrogen-bond acceptors (Lipinski definition) is 4. The van der Waals surface area contributed by atoms with Crippen molar-refractivity contribution in [3.8, 4) is 0 Å². The Morgan fingerprint density at radius 1 is 1.00 bits per heavy atom. The van der Waals surface area contributed by atoms with Gasteiger partial charge < -0.3 is 10.2 Å². The molecule has 18 heavy (non-hydrogen) atoms. The van der Waals surface area contributed by atoms with Crippen LogP contribution in [0.3, 0.4) is 0 Å². The molecule has 0 amide bonds. The average molecular weight is 238 g/mol. The maximum absolute atomic E-state index is 4.49. The van der Waals surface area contributed by atoms with Crippen LogP contribution in [0.15, 0.2) is 30.6 Å². The molecule has 4 nitrogen and oxygen atoms in total. The van der Waals surface area contributed by atoms with Crippen molar-refractivity contribution in [2.75, 3.05) is 4.90 Å². The van der Waals surface area contributed by atoms with Crippen LogP contribution in [-0.2, 0) is 26.2 Å². The van der Waals surface area contributed by atoms with Crippen LogP contribution in [0.2, 0.25) is 0 Å². The van der Waals surface area contributed by atoms with Crippen LogP contribution in [-0.4, -0.2) is 9.97 Å². The molecule has 3 heterocycles. The Bertz CT molecular complexity index is 583. The topological polar surface area (TPSA) is 41.1 Å². The molecular weight excluding hydrogens is 224 g/mol. The summed E-state index contributed by atoms with van der Waals surface area (Å²) in [6.45, 7) is 3.67. The third-order valence-corrected chi connectivity index (χ3v) is 3.75. The number of fused-ring (bicyclic) bond motifs is 2. The zero-order chi connectivity index (χ0) is 11.9. The lowest BCUT2D eigenvalue weighted by Gasteiger charge is -2.18. The van der Waals surface area contributed by atoms with Crippen LogP contribution < -0.4 is 10.2 Å². The minimum atomic E-state index is 0.867. The van der Waals surface area contributed by atoms with Gasteiger partial charge in [-0.3, -0.25) is 0 Å². The predicted molar refractivity (Wildman–Crippen MR) is 68.9 cm³/mol. The summed E-state index contributed by atoms with van der Waals surface area (Å²) in [5, 5.41) is 3.34. The number of benzene rings is 1. The lowest BCUT2D eigenvalue weighted by molar-refractivity contribution is 0.755. The van der Waals surface area contributed by atoms with Gasteiger partial charge in [0.25, 0.3) is 0 Å². The largest absolute Gasteiger partial charge is 0.348 e. The Kier molecular flexibility index (Phi) is 2.11. The van der Waals surface area contributed by atoms with Crippen molar-refractivity contribution in [1.29, 1.82) is 0 Å². The number of hydrogen-bond donors (Lipinski definition) is 1. The minimum absolute atomic E-state index is 0.867. The summed E-state index contributed by atoms with van der Waals surface area (Å²) in [5.41, 5.74) is 5.24. The summed E-state index contributed by atoms with van der Waals surface area (Å²) in [4.78, 5) is 11.2. The summed E-state index contributed by atoms with van der Waals surface area (Å²) < 4.78 is 0. The summed E-state index contributed by atoms with van der Waals surface area (Å²) in [6, 6.07) is 8.62. The molecule has 4 heteroatoms. The quantitative estimate of drug-likeness (QED) is 0.819. The van der Waals surface area contributed by atoms with Gasteiger partial charge in [0.05, 0.1) is 5.69 Å². The van der Waals surface area contributed by atoms with Gasteiger partial charge in [-0.25, -0.2) is 9.97 Å². The second-order valence-electron chi connectivity index (χ2n) is 4.85. The lowest BCUT2D eigenvalue weighted by atomic mass is 10.1. The van der Waals surface area contributed by atoms with Crippen LogP contribution >= 0.6 is 0 Å². The highest BCUT2D eigenvalue weighted by Gasteiger charge is 2.25. The Hall–Kier alpha value is -1.94. The highest BCUT2D eigenvalue weighted by Crippen LogP contribution is 2.30. The molecule has 0 spiro atoms. The lowest BCUT2D eigenvalue weighted by Crippen LogP contribution is -2.18. The van der Waals surface area contributed by atoms with E-state index in [1.165, 1.54) is 16.7 Å². The standard InChI is InChI=1S/C14H14N4/c1-2-4-11-8-18(7-10(11)3-1)14-12-5-15-6-13(12)16-9-17-14/h1-4,9,15H,5-8H2. The van der Waals surface area contributed by atoms with Crippen LogP contribution in [0.25, 0.3) is 0 Å². The fraction of sp³-hybridized carbons (Fsp3) is 0.286. The Morgan fingerprint density at radius 2 is 1.78 bits per heavy atom. The normalized spacial score (nSPS) is 16.8. The second-order valence-corrected chi connectivity index (χ2v) is 4.85. The molecule has 1 aromatic carbocycles. The molecule has 2 aromatic rings. The van der Waals surface area contributed by atoms with E-state index >= 15 is 0 Å². The molecule has 2 aliphatic rings. The third kappa shape index (κ3) is 1.42. The zero-order valence-corrected chi connectivity index (χ0v) is 10.1. The molecule has 0 aliphatic carbocycles. The van der Waals surface area contributed by atoms with E-state index < -0.39 is 0 Å². The molecule has 0 fully saturated rings. The zero-order valence-electron chi connectivity index (χ0n) is 10.1. The molecule has 2 aliphatic heterocycles. The second kappa shape index (κ2) is 3.78. The summed E-state index contributed by atoms with van der Waals surface area (Å²) in [5.74, 6) is 1.10. The highest BCUT2D eigenvalue weighted by atomic mass is 15.2. The first-order valence-electron chi connectivity index (χ1n) is 6.27. The van der Waals surface area contributed by atoms with Crippen molar-refractivity contribution in [2.24, 2.45) is 0 Å². The molecule has 0 atom stereocenters. The van der Waals surface area contributed by atoms with Gasteiger partial charge in [-0.05, 0) is 11.1 Å². The van der Waals surface area contributed by atoms with Crippen molar-refractivity contribution in [3.63, 3.8) is 0 Å². The van der Waals surface area contributed by atoms with Crippen molar-refractivity contribution < 1.29 is 0 Å². The first-order valence-corrected chi connectivity index (χ1v) is 6.27. The van der Waals surface area contributed by atoms with Crippen LogP contribution in [0.4, 0.5) is 5.82 Å². The number of rotatable bonds is 1. The van der Waals surface area contributed by atoms with Crippen LogP contribution in [0, 0.1) is 0 Å². The van der Waals surface area contributed by atoms with Crippen molar-refractivity contribution >= 4 is 5.82 Å². The molecule has 90 valence electrons. The Morgan fingerprint density at radius 3 is 2.56 bits per heavy atom. The van der Waals surface area contributed by atoms with E-state index in [9.17, 15) is 0 Å². The van der Waals surface area contributed by atoms with E-state index in [1.807, 2.05) is 0 Å². The van der Waals surface area contributed by atoms with Gasteiger partial charge in [-0.15, -0.1) is 0 Å². The van der Waals surface area contributed by atoms with E-state index in [1.54, 1.807) is 6.33 Å². The number of anilines is 1. The van der Waals surface area contributed by atoms with Gasteiger partial charge in [0.2, 0.25) is 0 Å². The van der Waals surface area contributed by atoms with E-state index in [-0.39, 0.29) is 0 Å². The maximum Gasteiger partial charge on any atom is 0.137 e. The number of aromatic nitrogens is 2. The Labute approximate surface area is 106 Å². The van der Waals surface area contributed by atoms with E-state index in [0.29, 0.717) is 0 Å². The van der Waals surface area contributed by atoms with Crippen molar-refractivity contribution in [3.05, 3.63) is 53.0 Å². The monoisotopic (exact) mass is 238 g/mol. The SMILES string of the molecule is c1ccc2c(c1)CN(c1ncnc3c1CNC3)C2. The van der Waals surface area contributed by atoms with E-state index in [0.717, 1.165) is 37.7 Å². The van der Waals surface area contributed by atoms with Crippen molar-refractivity contribution in [2.45, 2.75) is 26.2 Å². The maximum atomic E-state index is 4.49. The molecule has 0 radical (unpaired) electrons. The molecule has 0 saturated heterocycles. The molecule has 0 bridgehead atoms. The fourth-order valence-corrected chi connectivity index (χ4v) is 2.83. The first-order chi connectivity index (χ1) is 8.92. The van der Waals surface area contributed by atoms with Crippen LogP contribution in [0.1, 0.15) is 22.4 Å². The van der Waals surface area contributed by atoms with E-state index in [2.05, 4.69) is 44.5 Å². The minimum Gasteiger partial charge on any atom is -0.348 e. The first kappa shape index (κ1) is 10.0. The Balaban J connectivity index is 1.73. The number of nitrogens with one attached hydrogen (secondary N) is 1. The summed E-state index contributed by atoms with van der Waals surface area (Å²) in [6.07, 6.45) is 1.68. The van der Waals surface area contributed by atoms with Gasteiger partial charge in [-0.2, -0.15) is 0 Å². The molecular formula is C14H14N4.